The fourth-order valence-electron chi connectivity index (χ4n) is 6.40. The molecular formula is C18H18O3. The molecule has 7 atom stereocenters. The van der Waals surface area contributed by atoms with Crippen LogP contribution in [0.2, 0.25) is 0 Å². The molecule has 1 saturated carbocycles. The van der Waals surface area contributed by atoms with Crippen LogP contribution in [0.1, 0.15) is 47.6 Å². The Labute approximate surface area is 123 Å². The molecule has 7 rings (SSSR count). The molecule has 0 amide bonds. The van der Waals surface area contributed by atoms with E-state index in [9.17, 15) is 4.79 Å². The quantitative estimate of drug-likeness (QED) is 0.686. The third-order valence-corrected chi connectivity index (χ3v) is 7.22. The summed E-state index contributed by atoms with van der Waals surface area (Å²) in [5.74, 6) is 1.07. The van der Waals surface area contributed by atoms with Crippen molar-refractivity contribution >= 4 is 5.97 Å². The van der Waals surface area contributed by atoms with Crippen molar-refractivity contribution < 1.29 is 14.3 Å². The summed E-state index contributed by atoms with van der Waals surface area (Å²) in [6.07, 6.45) is 2.21. The van der Waals surface area contributed by atoms with Gasteiger partial charge in [-0.3, -0.25) is 4.79 Å². The Hall–Kier alpha value is -1.35. The molecule has 1 spiro atoms. The Bertz CT molecular complexity index is 723. The van der Waals surface area contributed by atoms with E-state index < -0.39 is 0 Å². The van der Waals surface area contributed by atoms with Crippen LogP contribution >= 0.6 is 0 Å². The smallest absolute Gasteiger partial charge is 0.313 e. The minimum Gasteiger partial charge on any atom is -0.459 e. The Morgan fingerprint density at radius 2 is 2.10 bits per heavy atom. The Balaban J connectivity index is 1.76. The number of carbonyl (C=O) groups is 1. The topological polar surface area (TPSA) is 35.5 Å². The highest BCUT2D eigenvalue weighted by atomic mass is 16.6. The van der Waals surface area contributed by atoms with Gasteiger partial charge in [0.05, 0.1) is 17.6 Å². The van der Waals surface area contributed by atoms with Crippen molar-refractivity contribution in [2.45, 2.75) is 50.9 Å². The zero-order chi connectivity index (χ0) is 14.1. The van der Waals surface area contributed by atoms with Gasteiger partial charge in [-0.05, 0) is 42.0 Å². The van der Waals surface area contributed by atoms with Crippen LogP contribution in [-0.2, 0) is 20.7 Å². The van der Waals surface area contributed by atoms with Crippen LogP contribution in [0.4, 0.5) is 0 Å². The second-order valence-electron chi connectivity index (χ2n) is 7.64. The van der Waals surface area contributed by atoms with Gasteiger partial charge >= 0.3 is 5.97 Å². The highest BCUT2D eigenvalue weighted by Crippen LogP contribution is 2.74. The first-order valence-electron chi connectivity index (χ1n) is 8.13. The van der Waals surface area contributed by atoms with Gasteiger partial charge in [-0.1, -0.05) is 19.1 Å². The van der Waals surface area contributed by atoms with Crippen molar-refractivity contribution in [3.05, 3.63) is 34.4 Å². The number of rotatable bonds is 0. The van der Waals surface area contributed by atoms with Gasteiger partial charge in [-0.15, -0.1) is 0 Å². The van der Waals surface area contributed by atoms with Gasteiger partial charge < -0.3 is 9.47 Å². The van der Waals surface area contributed by atoms with Crippen molar-refractivity contribution in [3.63, 3.8) is 0 Å². The molecule has 3 heterocycles. The van der Waals surface area contributed by atoms with Gasteiger partial charge in [0.15, 0.2) is 0 Å². The number of esters is 1. The van der Waals surface area contributed by atoms with E-state index in [0.717, 1.165) is 12.8 Å². The number of benzene rings is 1. The van der Waals surface area contributed by atoms with Gasteiger partial charge in [0.1, 0.15) is 6.10 Å². The number of hydrogen-bond donors (Lipinski definition) is 0. The molecule has 0 N–H and O–H groups in total. The van der Waals surface area contributed by atoms with E-state index in [0.29, 0.717) is 11.8 Å². The minimum atomic E-state index is -0.315. The highest BCUT2D eigenvalue weighted by molar-refractivity contribution is 5.83. The first-order valence-corrected chi connectivity index (χ1v) is 8.13. The van der Waals surface area contributed by atoms with Gasteiger partial charge in [0.2, 0.25) is 0 Å². The van der Waals surface area contributed by atoms with Crippen LogP contribution in [0, 0.1) is 24.2 Å². The van der Waals surface area contributed by atoms with E-state index in [-0.39, 0.29) is 35.6 Å². The number of carbonyl (C=O) groups excluding carboxylic acids is 1. The number of hydrogen-bond acceptors (Lipinski definition) is 3. The van der Waals surface area contributed by atoms with Crippen molar-refractivity contribution in [3.8, 4) is 0 Å². The maximum absolute atomic E-state index is 12.8. The number of aryl methyl sites for hydroxylation is 2. The summed E-state index contributed by atoms with van der Waals surface area (Å²) in [6.45, 7) is 4.40. The van der Waals surface area contributed by atoms with E-state index >= 15 is 0 Å². The predicted octanol–water partition coefficient (Wildman–Crippen LogP) is 2.66. The first-order chi connectivity index (χ1) is 10.1. The molecule has 4 fully saturated rings. The summed E-state index contributed by atoms with van der Waals surface area (Å²) in [6, 6.07) is 4.51. The van der Waals surface area contributed by atoms with Crippen LogP contribution in [0.25, 0.3) is 0 Å². The van der Waals surface area contributed by atoms with Crippen molar-refractivity contribution in [2.24, 2.45) is 17.3 Å². The molecule has 3 aliphatic carbocycles. The molecule has 3 unspecified atom stereocenters. The van der Waals surface area contributed by atoms with Crippen molar-refractivity contribution in [1.29, 1.82) is 0 Å². The molecule has 3 aliphatic heterocycles. The Morgan fingerprint density at radius 1 is 1.24 bits per heavy atom. The van der Waals surface area contributed by atoms with Gasteiger partial charge in [0, 0.05) is 17.8 Å². The van der Waals surface area contributed by atoms with Crippen LogP contribution in [0.15, 0.2) is 12.1 Å². The second-order valence-corrected chi connectivity index (χ2v) is 7.64. The number of ether oxygens (including phenoxy) is 2. The fraction of sp³-hybridized carbons (Fsp3) is 0.611. The molecule has 0 radical (unpaired) electrons. The molecule has 6 aliphatic rings. The van der Waals surface area contributed by atoms with E-state index in [4.69, 9.17) is 9.47 Å². The van der Waals surface area contributed by atoms with Gasteiger partial charge in [0.25, 0.3) is 0 Å². The first kappa shape index (κ1) is 11.2. The van der Waals surface area contributed by atoms with Crippen LogP contribution < -0.4 is 0 Å². The number of fused-ring (bicyclic) bond motifs is 2. The molecule has 108 valence electrons. The molecule has 4 bridgehead atoms. The van der Waals surface area contributed by atoms with Crippen LogP contribution in [0.5, 0.6) is 0 Å². The van der Waals surface area contributed by atoms with Crippen molar-refractivity contribution in [2.75, 3.05) is 0 Å². The summed E-state index contributed by atoms with van der Waals surface area (Å²) in [5.41, 5.74) is 5.32. The van der Waals surface area contributed by atoms with Gasteiger partial charge in [-0.25, -0.2) is 0 Å². The van der Waals surface area contributed by atoms with E-state index in [2.05, 4.69) is 26.0 Å². The van der Waals surface area contributed by atoms with Crippen LogP contribution in [-0.4, -0.2) is 18.2 Å². The van der Waals surface area contributed by atoms with E-state index in [1.54, 1.807) is 0 Å². The normalized spacial score (nSPS) is 50.5. The highest BCUT2D eigenvalue weighted by Gasteiger charge is 2.76. The summed E-state index contributed by atoms with van der Waals surface area (Å²) >= 11 is 0. The molecule has 1 aromatic carbocycles. The second kappa shape index (κ2) is 3.05. The maximum Gasteiger partial charge on any atom is 0.313 e. The molecular weight excluding hydrogens is 264 g/mol. The SMILES string of the molecule is Cc1ccc2c3c1C1OC4C(C)[C@@]5(CC2)C(=O)O[C@@H]4[C@@H]1[C@@H]35. The molecule has 3 heteroatoms. The van der Waals surface area contributed by atoms with Gasteiger partial charge in [-0.2, -0.15) is 0 Å². The van der Waals surface area contributed by atoms with Crippen LogP contribution in [0.3, 0.4) is 0 Å². The third-order valence-electron chi connectivity index (χ3n) is 7.22. The lowest BCUT2D eigenvalue weighted by Crippen LogP contribution is -2.64. The fourth-order valence-corrected chi connectivity index (χ4v) is 6.40. The van der Waals surface area contributed by atoms with E-state index in [1.165, 1.54) is 22.3 Å². The summed E-state index contributed by atoms with van der Waals surface area (Å²) in [5, 5.41) is 0. The zero-order valence-corrected chi connectivity index (χ0v) is 12.3. The summed E-state index contributed by atoms with van der Waals surface area (Å²) < 4.78 is 12.3. The zero-order valence-electron chi connectivity index (χ0n) is 12.3. The Kier molecular flexibility index (Phi) is 1.63. The largest absolute Gasteiger partial charge is 0.459 e. The lowest BCUT2D eigenvalue weighted by atomic mass is 9.49. The van der Waals surface area contributed by atoms with E-state index in [1.807, 2.05) is 0 Å². The predicted molar refractivity (Wildman–Crippen MR) is 74.8 cm³/mol. The molecule has 3 saturated heterocycles. The maximum atomic E-state index is 12.8. The van der Waals surface area contributed by atoms with Crippen molar-refractivity contribution in [1.82, 2.24) is 0 Å². The minimum absolute atomic E-state index is 0.0119. The Morgan fingerprint density at radius 3 is 2.95 bits per heavy atom. The molecule has 1 aromatic rings. The average Bonchev–Trinajstić information content (AvgIpc) is 2.97. The third kappa shape index (κ3) is 0.903. The molecule has 21 heavy (non-hydrogen) atoms. The average molecular weight is 282 g/mol. The molecule has 3 nitrogen and oxygen atoms in total. The summed E-state index contributed by atoms with van der Waals surface area (Å²) in [4.78, 5) is 12.8. The monoisotopic (exact) mass is 282 g/mol. The lowest BCUT2D eigenvalue weighted by molar-refractivity contribution is -0.215. The molecule has 0 aromatic heterocycles. The standard InChI is InChI=1S/C18H18O3/c1-7-3-4-9-5-6-18-8(2)14-16(21-17(18)19)12-13(18)11(9)10(7)15(12)20-14/h3-4,8,12-16H,5-6H2,1-2H3/t8?,12-,13-,14?,15?,16-,18-/m1/s1. The lowest BCUT2D eigenvalue weighted by Gasteiger charge is -2.57. The summed E-state index contributed by atoms with van der Waals surface area (Å²) in [7, 11) is 0.